The molecule has 0 bridgehead atoms. The van der Waals surface area contributed by atoms with Gasteiger partial charge in [-0.05, 0) is 47.3 Å². The van der Waals surface area contributed by atoms with Gasteiger partial charge in [0.05, 0.1) is 0 Å². The predicted octanol–water partition coefficient (Wildman–Crippen LogP) is 5.23. The van der Waals surface area contributed by atoms with Gasteiger partial charge in [0.25, 0.3) is 0 Å². The molecule has 1 heterocycles. The summed E-state index contributed by atoms with van der Waals surface area (Å²) in [6.45, 7) is 4.56. The number of thioether (sulfide) groups is 1. The molecule has 0 unspecified atom stereocenters. The van der Waals surface area contributed by atoms with Gasteiger partial charge in [0.15, 0.2) is 0 Å². The van der Waals surface area contributed by atoms with E-state index in [9.17, 15) is 0 Å². The molecule has 0 saturated carbocycles. The van der Waals surface area contributed by atoms with Gasteiger partial charge in [-0.25, -0.2) is 0 Å². The summed E-state index contributed by atoms with van der Waals surface area (Å²) in [5.41, 5.74) is 4.86. The lowest BCUT2D eigenvalue weighted by Crippen LogP contribution is -1.90. The van der Waals surface area contributed by atoms with Gasteiger partial charge in [-0.3, -0.25) is 0 Å². The van der Waals surface area contributed by atoms with E-state index in [0.29, 0.717) is 0 Å². The van der Waals surface area contributed by atoms with E-state index in [4.69, 9.17) is 0 Å². The van der Waals surface area contributed by atoms with Crippen LogP contribution in [-0.2, 0) is 0 Å². The number of unbranched alkanes of at least 4 members (excludes halogenated alkanes) is 2. The third kappa shape index (κ3) is 2.45. The fourth-order valence-electron chi connectivity index (χ4n) is 2.40. The zero-order valence-corrected chi connectivity index (χ0v) is 11.3. The summed E-state index contributed by atoms with van der Waals surface area (Å²) in [4.78, 5) is 1.67. The lowest BCUT2D eigenvalue weighted by atomic mass is 9.98. The first kappa shape index (κ1) is 12.0. The maximum atomic E-state index is 2.37. The smallest absolute Gasteiger partial charge is 0.0235 e. The van der Waals surface area contributed by atoms with Gasteiger partial charge in [0, 0.05) is 5.75 Å². The Kier molecular flexibility index (Phi) is 4.34. The fourth-order valence-corrected chi connectivity index (χ4v) is 3.67. The maximum absolute atomic E-state index is 2.37. The Morgan fingerprint density at radius 2 is 1.81 bits per heavy atom. The minimum Gasteiger partial charge on any atom is -0.125 e. The number of hydrogen-bond acceptors (Lipinski definition) is 1. The van der Waals surface area contributed by atoms with Crippen molar-refractivity contribution < 1.29 is 0 Å². The minimum absolute atomic E-state index is 1.22. The van der Waals surface area contributed by atoms with E-state index in [1.807, 2.05) is 0 Å². The highest BCUT2D eigenvalue weighted by atomic mass is 32.2. The molecule has 0 amide bonds. The van der Waals surface area contributed by atoms with Crippen LogP contribution in [0.15, 0.2) is 33.8 Å². The van der Waals surface area contributed by atoms with Crippen molar-refractivity contribution in [2.45, 2.75) is 52.4 Å². The molecule has 0 aromatic carbocycles. The molecule has 0 N–H and O–H groups in total. The lowest BCUT2D eigenvalue weighted by Gasteiger charge is -2.08. The van der Waals surface area contributed by atoms with Crippen LogP contribution >= 0.6 is 11.8 Å². The Bertz CT molecular complexity index is 344. The van der Waals surface area contributed by atoms with Crippen molar-refractivity contribution in [1.29, 1.82) is 0 Å². The summed E-state index contributed by atoms with van der Waals surface area (Å²) >= 11 is 2.08. The number of fused-ring (bicyclic) bond motifs is 1. The van der Waals surface area contributed by atoms with E-state index in [0.717, 1.165) is 0 Å². The minimum atomic E-state index is 1.22. The van der Waals surface area contributed by atoms with Crippen LogP contribution in [0.3, 0.4) is 0 Å². The average molecular weight is 234 g/mol. The van der Waals surface area contributed by atoms with Crippen LogP contribution in [0.5, 0.6) is 0 Å². The molecular weight excluding hydrogens is 212 g/mol. The second kappa shape index (κ2) is 5.77. The summed E-state index contributed by atoms with van der Waals surface area (Å²) in [6.07, 6.45) is 12.6. The van der Waals surface area contributed by atoms with Crippen molar-refractivity contribution in [3.05, 3.63) is 33.8 Å². The fraction of sp³-hybridized carbons (Fsp3) is 0.600. The van der Waals surface area contributed by atoms with Crippen molar-refractivity contribution in [2.75, 3.05) is 5.75 Å². The van der Waals surface area contributed by atoms with Gasteiger partial charge in [-0.1, -0.05) is 38.8 Å². The van der Waals surface area contributed by atoms with Gasteiger partial charge < -0.3 is 0 Å². The van der Waals surface area contributed by atoms with Gasteiger partial charge >= 0.3 is 0 Å². The first-order valence-corrected chi connectivity index (χ1v) is 7.61. The lowest BCUT2D eigenvalue weighted by molar-refractivity contribution is 0.786. The quantitative estimate of drug-likeness (QED) is 0.606. The highest BCUT2D eigenvalue weighted by Crippen LogP contribution is 2.45. The molecule has 1 aliphatic carbocycles. The summed E-state index contributed by atoms with van der Waals surface area (Å²) in [6, 6.07) is 0. The van der Waals surface area contributed by atoms with Crippen LogP contribution < -0.4 is 0 Å². The van der Waals surface area contributed by atoms with Crippen molar-refractivity contribution in [3.63, 3.8) is 0 Å². The molecule has 0 aromatic rings. The largest absolute Gasteiger partial charge is 0.125 e. The van der Waals surface area contributed by atoms with Crippen LogP contribution in [0.25, 0.3) is 0 Å². The first-order chi connectivity index (χ1) is 7.86. The Balaban J connectivity index is 2.07. The Morgan fingerprint density at radius 3 is 2.56 bits per heavy atom. The monoisotopic (exact) mass is 234 g/mol. The molecule has 2 rings (SSSR count). The van der Waals surface area contributed by atoms with Crippen LogP contribution in [0.2, 0.25) is 0 Å². The van der Waals surface area contributed by atoms with Gasteiger partial charge in [0.1, 0.15) is 0 Å². The Labute approximate surface area is 104 Å². The van der Waals surface area contributed by atoms with E-state index in [-0.39, 0.29) is 0 Å². The van der Waals surface area contributed by atoms with Crippen molar-refractivity contribution >= 4 is 11.8 Å². The summed E-state index contributed by atoms with van der Waals surface area (Å²) in [5.74, 6) is 1.22. The average Bonchev–Trinajstić information content (AvgIpc) is 2.86. The van der Waals surface area contributed by atoms with Gasteiger partial charge in [-0.15, -0.1) is 11.8 Å². The standard InChI is InChI=1S/C15H22S/c1-3-5-7-12-9-10-13-11-16-14(15(12)13)8-6-4-2/h9-10H,3-8,11H2,1-2H3. The van der Waals surface area contributed by atoms with E-state index >= 15 is 0 Å². The van der Waals surface area contributed by atoms with E-state index < -0.39 is 0 Å². The topological polar surface area (TPSA) is 0 Å². The highest BCUT2D eigenvalue weighted by Gasteiger charge is 2.25. The normalized spacial score (nSPS) is 18.9. The summed E-state index contributed by atoms with van der Waals surface area (Å²) in [7, 11) is 0. The van der Waals surface area contributed by atoms with Gasteiger partial charge in [-0.2, -0.15) is 0 Å². The Hall–Kier alpha value is -0.430. The molecular formula is C15H22S. The molecule has 2 aliphatic rings. The van der Waals surface area contributed by atoms with Crippen molar-refractivity contribution in [2.24, 2.45) is 0 Å². The van der Waals surface area contributed by atoms with Gasteiger partial charge in [0.2, 0.25) is 0 Å². The molecule has 0 fully saturated rings. The zero-order chi connectivity index (χ0) is 11.4. The van der Waals surface area contributed by atoms with Crippen LogP contribution in [0, 0.1) is 0 Å². The molecule has 0 spiro atoms. The summed E-state index contributed by atoms with van der Waals surface area (Å²) in [5, 5.41) is 0. The maximum Gasteiger partial charge on any atom is 0.0235 e. The molecule has 0 atom stereocenters. The molecule has 1 heteroatoms. The van der Waals surface area contributed by atoms with E-state index in [1.165, 1.54) is 44.3 Å². The molecule has 1 aliphatic heterocycles. The molecule has 0 saturated heterocycles. The molecule has 0 nitrogen and oxygen atoms in total. The molecule has 16 heavy (non-hydrogen) atoms. The third-order valence-electron chi connectivity index (χ3n) is 3.37. The van der Waals surface area contributed by atoms with Crippen molar-refractivity contribution in [1.82, 2.24) is 0 Å². The highest BCUT2D eigenvalue weighted by molar-refractivity contribution is 8.03. The van der Waals surface area contributed by atoms with Crippen LogP contribution in [0.1, 0.15) is 52.4 Å². The molecule has 0 radical (unpaired) electrons. The number of rotatable bonds is 6. The van der Waals surface area contributed by atoms with E-state index in [2.05, 4.69) is 37.8 Å². The van der Waals surface area contributed by atoms with E-state index in [1.54, 1.807) is 21.6 Å². The van der Waals surface area contributed by atoms with Crippen LogP contribution in [0.4, 0.5) is 0 Å². The first-order valence-electron chi connectivity index (χ1n) is 6.63. The number of hydrogen-bond donors (Lipinski definition) is 0. The van der Waals surface area contributed by atoms with Crippen LogP contribution in [-0.4, -0.2) is 5.75 Å². The predicted molar refractivity (Wildman–Crippen MR) is 74.7 cm³/mol. The number of allylic oxidation sites excluding steroid dienone is 5. The molecule has 88 valence electrons. The second-order valence-electron chi connectivity index (χ2n) is 4.68. The SMILES string of the molecule is CCCCC1=CC=C2CSC(CCCC)=C12. The Morgan fingerprint density at radius 1 is 1.06 bits per heavy atom. The summed E-state index contributed by atoms with van der Waals surface area (Å²) < 4.78 is 0. The second-order valence-corrected chi connectivity index (χ2v) is 5.75. The van der Waals surface area contributed by atoms with Crippen molar-refractivity contribution in [3.8, 4) is 0 Å². The third-order valence-corrected chi connectivity index (χ3v) is 4.58. The molecule has 0 aromatic heterocycles. The zero-order valence-electron chi connectivity index (χ0n) is 10.5.